The van der Waals surface area contributed by atoms with Crippen molar-refractivity contribution in [3.63, 3.8) is 0 Å². The first-order valence-corrected chi connectivity index (χ1v) is 6.74. The molecule has 6 heteroatoms. The van der Waals surface area contributed by atoms with E-state index in [0.717, 1.165) is 5.56 Å². The number of carbonyl (C=O) groups is 2. The Morgan fingerprint density at radius 1 is 1.14 bits per heavy atom. The van der Waals surface area contributed by atoms with Crippen LogP contribution in [0.5, 0.6) is 5.75 Å². The number of hydrogen-bond acceptors (Lipinski definition) is 4. The topological polar surface area (TPSA) is 84.9 Å². The monoisotopic (exact) mass is 295 g/mol. The average Bonchev–Trinajstić information content (AvgIpc) is 2.43. The van der Waals surface area contributed by atoms with Crippen molar-refractivity contribution < 1.29 is 24.2 Å². The van der Waals surface area contributed by atoms with Crippen molar-refractivity contribution in [1.29, 1.82) is 0 Å². The molecule has 1 rings (SSSR count). The fourth-order valence-corrected chi connectivity index (χ4v) is 1.61. The number of carboxylic acid groups (broad SMARTS) is 1. The van der Waals surface area contributed by atoms with Gasteiger partial charge >= 0.3 is 5.97 Å². The maximum Gasteiger partial charge on any atom is 0.341 e. The molecule has 1 atom stereocenters. The number of carboxylic acids is 1. The van der Waals surface area contributed by atoms with E-state index in [0.29, 0.717) is 5.75 Å². The quantitative estimate of drug-likeness (QED) is 0.763. The lowest BCUT2D eigenvalue weighted by Crippen LogP contribution is -2.31. The Morgan fingerprint density at radius 3 is 2.29 bits per heavy atom. The van der Waals surface area contributed by atoms with E-state index in [4.69, 9.17) is 14.6 Å². The fourth-order valence-electron chi connectivity index (χ4n) is 1.61. The number of carbonyl (C=O) groups excluding carboxylic acids is 1. The summed E-state index contributed by atoms with van der Waals surface area (Å²) < 4.78 is 10.3. The third kappa shape index (κ3) is 6.76. The summed E-state index contributed by atoms with van der Waals surface area (Å²) in [5, 5.41) is 11.3. The van der Waals surface area contributed by atoms with Crippen molar-refractivity contribution in [3.8, 4) is 5.75 Å². The van der Waals surface area contributed by atoms with Gasteiger partial charge in [-0.25, -0.2) is 4.79 Å². The van der Waals surface area contributed by atoms with Crippen LogP contribution in [0.2, 0.25) is 0 Å². The Bertz CT molecular complexity index is 469. The van der Waals surface area contributed by atoms with Gasteiger partial charge in [-0.15, -0.1) is 0 Å². The number of aliphatic carboxylic acids is 1. The van der Waals surface area contributed by atoms with E-state index in [2.05, 4.69) is 5.32 Å². The number of ether oxygens (including phenoxy) is 2. The molecule has 21 heavy (non-hydrogen) atoms. The summed E-state index contributed by atoms with van der Waals surface area (Å²) in [6.07, 6.45) is 0.0109. The first kappa shape index (κ1) is 17.0. The van der Waals surface area contributed by atoms with Gasteiger partial charge in [0.1, 0.15) is 12.4 Å². The molecule has 0 aromatic heterocycles. The van der Waals surface area contributed by atoms with E-state index >= 15 is 0 Å². The van der Waals surface area contributed by atoms with Gasteiger partial charge in [0.25, 0.3) is 0 Å². The van der Waals surface area contributed by atoms with E-state index in [-0.39, 0.29) is 31.3 Å². The lowest BCUT2D eigenvalue weighted by Gasteiger charge is -2.15. The van der Waals surface area contributed by atoms with Crippen LogP contribution in [0.25, 0.3) is 0 Å². The highest BCUT2D eigenvalue weighted by Gasteiger charge is 2.10. The molecular formula is C15H21NO5. The molecule has 2 N–H and O–H groups in total. The molecule has 1 unspecified atom stereocenters. The lowest BCUT2D eigenvalue weighted by molar-refractivity contribution is -0.139. The second-order valence-electron chi connectivity index (χ2n) is 4.90. The molecule has 0 spiro atoms. The van der Waals surface area contributed by atoms with Crippen LogP contribution < -0.4 is 10.1 Å². The molecular weight excluding hydrogens is 274 g/mol. The van der Waals surface area contributed by atoms with Crippen LogP contribution in [-0.4, -0.2) is 36.3 Å². The molecule has 0 aliphatic heterocycles. The van der Waals surface area contributed by atoms with Crippen molar-refractivity contribution in [2.24, 2.45) is 0 Å². The van der Waals surface area contributed by atoms with E-state index < -0.39 is 5.97 Å². The fraction of sp³-hybridized carbons (Fsp3) is 0.467. The predicted molar refractivity (Wildman–Crippen MR) is 77.2 cm³/mol. The second-order valence-corrected chi connectivity index (χ2v) is 4.90. The predicted octanol–water partition coefficient (Wildman–Crippen LogP) is 1.75. The van der Waals surface area contributed by atoms with Crippen LogP contribution in [0.4, 0.5) is 0 Å². The van der Waals surface area contributed by atoms with Crippen molar-refractivity contribution in [1.82, 2.24) is 5.32 Å². The van der Waals surface area contributed by atoms with E-state index in [1.54, 1.807) is 24.3 Å². The van der Waals surface area contributed by atoms with Gasteiger partial charge in [0.2, 0.25) is 5.91 Å². The Kier molecular flexibility index (Phi) is 6.68. The zero-order valence-electron chi connectivity index (χ0n) is 12.5. The second kappa shape index (κ2) is 8.26. The van der Waals surface area contributed by atoms with Gasteiger partial charge < -0.3 is 19.9 Å². The number of rotatable bonds is 8. The molecule has 0 radical (unpaired) electrons. The van der Waals surface area contributed by atoms with Crippen LogP contribution in [0.1, 0.15) is 32.4 Å². The third-order valence-electron chi connectivity index (χ3n) is 2.67. The minimum absolute atomic E-state index is 0.0109. The zero-order valence-corrected chi connectivity index (χ0v) is 12.5. The number of nitrogens with one attached hydrogen (secondary N) is 1. The summed E-state index contributed by atoms with van der Waals surface area (Å²) in [7, 11) is 0. The van der Waals surface area contributed by atoms with Crippen molar-refractivity contribution in [3.05, 3.63) is 29.8 Å². The minimum Gasteiger partial charge on any atom is -0.482 e. The van der Waals surface area contributed by atoms with Crippen LogP contribution in [-0.2, 0) is 14.3 Å². The van der Waals surface area contributed by atoms with Gasteiger partial charge in [-0.2, -0.15) is 0 Å². The van der Waals surface area contributed by atoms with Gasteiger partial charge in [-0.3, -0.25) is 4.79 Å². The summed E-state index contributed by atoms with van der Waals surface area (Å²) in [4.78, 5) is 22.0. The standard InChI is InChI=1S/C15H21NO5/c1-10(2)20-8-14(17)16-11(3)12-4-6-13(7-5-12)21-9-15(18)19/h4-7,10-11H,8-9H2,1-3H3,(H,16,17)(H,18,19). The Labute approximate surface area is 124 Å². The van der Waals surface area contributed by atoms with E-state index in [1.807, 2.05) is 20.8 Å². The van der Waals surface area contributed by atoms with Gasteiger partial charge in [0, 0.05) is 0 Å². The van der Waals surface area contributed by atoms with Crippen LogP contribution in [0, 0.1) is 0 Å². The first-order valence-electron chi connectivity index (χ1n) is 6.74. The maximum atomic E-state index is 11.6. The molecule has 1 aromatic rings. The molecule has 1 aromatic carbocycles. The van der Waals surface area contributed by atoms with Crippen molar-refractivity contribution >= 4 is 11.9 Å². The largest absolute Gasteiger partial charge is 0.482 e. The summed E-state index contributed by atoms with van der Waals surface area (Å²) in [6, 6.07) is 6.75. The first-order chi connectivity index (χ1) is 9.88. The van der Waals surface area contributed by atoms with E-state index in [1.165, 1.54) is 0 Å². The zero-order chi connectivity index (χ0) is 15.8. The highest BCUT2D eigenvalue weighted by atomic mass is 16.5. The SMILES string of the molecule is CC(C)OCC(=O)NC(C)c1ccc(OCC(=O)O)cc1. The van der Waals surface area contributed by atoms with Gasteiger partial charge in [0.05, 0.1) is 12.1 Å². The molecule has 0 saturated carbocycles. The molecule has 0 fully saturated rings. The Hall–Kier alpha value is -2.08. The third-order valence-corrected chi connectivity index (χ3v) is 2.67. The summed E-state index contributed by atoms with van der Waals surface area (Å²) in [6.45, 7) is 5.25. The van der Waals surface area contributed by atoms with Gasteiger partial charge in [-0.1, -0.05) is 12.1 Å². The van der Waals surface area contributed by atoms with Crippen LogP contribution in [0.3, 0.4) is 0 Å². The average molecular weight is 295 g/mol. The summed E-state index contributed by atoms with van der Waals surface area (Å²) in [5.74, 6) is -0.727. The number of hydrogen-bond donors (Lipinski definition) is 2. The van der Waals surface area contributed by atoms with Crippen molar-refractivity contribution in [2.75, 3.05) is 13.2 Å². The molecule has 116 valence electrons. The maximum absolute atomic E-state index is 11.6. The van der Waals surface area contributed by atoms with Gasteiger partial charge in [-0.05, 0) is 38.5 Å². The molecule has 0 heterocycles. The minimum atomic E-state index is -1.02. The van der Waals surface area contributed by atoms with Gasteiger partial charge in [0.15, 0.2) is 6.61 Å². The number of amides is 1. The molecule has 0 aliphatic rings. The molecule has 0 aliphatic carbocycles. The normalized spacial score (nSPS) is 12.0. The Balaban J connectivity index is 2.48. The molecule has 6 nitrogen and oxygen atoms in total. The van der Waals surface area contributed by atoms with Crippen LogP contribution in [0.15, 0.2) is 24.3 Å². The summed E-state index contributed by atoms with van der Waals surface area (Å²) in [5.41, 5.74) is 0.899. The smallest absolute Gasteiger partial charge is 0.341 e. The van der Waals surface area contributed by atoms with E-state index in [9.17, 15) is 9.59 Å². The van der Waals surface area contributed by atoms with Crippen molar-refractivity contribution in [2.45, 2.75) is 32.9 Å². The van der Waals surface area contributed by atoms with Crippen LogP contribution >= 0.6 is 0 Å². The molecule has 0 bridgehead atoms. The highest BCUT2D eigenvalue weighted by Crippen LogP contribution is 2.17. The number of benzene rings is 1. The summed E-state index contributed by atoms with van der Waals surface area (Å²) >= 11 is 0. The highest BCUT2D eigenvalue weighted by molar-refractivity contribution is 5.77. The molecule has 0 saturated heterocycles. The molecule has 1 amide bonds. The Morgan fingerprint density at radius 2 is 1.76 bits per heavy atom. The lowest BCUT2D eigenvalue weighted by atomic mass is 10.1.